The lowest BCUT2D eigenvalue weighted by Gasteiger charge is -2.28. The molecule has 0 spiro atoms. The largest absolute Gasteiger partial charge is 0.451 e. The number of amides is 3. The van der Waals surface area contributed by atoms with Crippen LogP contribution < -0.4 is 9.64 Å². The predicted octanol–water partition coefficient (Wildman–Crippen LogP) is 5.07. The average Bonchev–Trinajstić information content (AvgIpc) is 3.07. The van der Waals surface area contributed by atoms with Crippen molar-refractivity contribution < 1.29 is 36.3 Å². The number of urea groups is 1. The number of halogens is 5. The van der Waals surface area contributed by atoms with E-state index in [2.05, 4.69) is 0 Å². The number of hydrogen-bond donors (Lipinski definition) is 0. The van der Waals surface area contributed by atoms with Gasteiger partial charge in [-0.05, 0) is 23.3 Å². The highest BCUT2D eigenvalue weighted by Gasteiger charge is 2.47. The van der Waals surface area contributed by atoms with Gasteiger partial charge in [0.25, 0.3) is 5.91 Å². The van der Waals surface area contributed by atoms with Crippen molar-refractivity contribution in [2.75, 3.05) is 4.90 Å². The number of ether oxygens (including phenoxy) is 1. The first-order chi connectivity index (χ1) is 15.8. The number of nitrogens with zero attached hydrogens (tertiary/aromatic N) is 2. The normalized spacial score (nSPS) is 17.3. The first-order valence-electron chi connectivity index (χ1n) is 9.78. The Bertz CT molecular complexity index is 1260. The highest BCUT2D eigenvalue weighted by molar-refractivity contribution is 6.21. The van der Waals surface area contributed by atoms with Gasteiger partial charge in [-0.15, -0.1) is 0 Å². The molecule has 0 N–H and O–H groups in total. The molecule has 3 aromatic carbocycles. The van der Waals surface area contributed by atoms with Gasteiger partial charge in [0.1, 0.15) is 11.8 Å². The standard InChI is InChI=1S/C23H13F5N2O3/c24-16-17(25)19(27)21(20(28)18(16)26)33-14-7-3-6-13(9-14)30-22(31)15-8-11-4-1-2-5-12(11)10-29(15)23(30)32/h1-7,9,15H,8,10H2. The third-order valence-corrected chi connectivity index (χ3v) is 5.66. The second-order valence-electron chi connectivity index (χ2n) is 7.57. The summed E-state index contributed by atoms with van der Waals surface area (Å²) < 4.78 is 73.1. The van der Waals surface area contributed by atoms with E-state index < -0.39 is 52.8 Å². The summed E-state index contributed by atoms with van der Waals surface area (Å²) in [6.07, 6.45) is 0.331. The highest BCUT2D eigenvalue weighted by Crippen LogP contribution is 2.36. The monoisotopic (exact) mass is 460 g/mol. The van der Waals surface area contributed by atoms with Gasteiger partial charge in [-0.1, -0.05) is 30.3 Å². The lowest BCUT2D eigenvalue weighted by Crippen LogP contribution is -2.39. The summed E-state index contributed by atoms with van der Waals surface area (Å²) in [4.78, 5) is 28.3. The minimum atomic E-state index is -2.31. The Balaban J connectivity index is 1.47. The summed E-state index contributed by atoms with van der Waals surface area (Å²) in [5.41, 5.74) is 1.90. The zero-order valence-electron chi connectivity index (χ0n) is 16.6. The van der Waals surface area contributed by atoms with Crippen molar-refractivity contribution in [2.24, 2.45) is 0 Å². The number of benzene rings is 3. The summed E-state index contributed by atoms with van der Waals surface area (Å²) >= 11 is 0. The number of carbonyl (C=O) groups excluding carboxylic acids is 2. The zero-order chi connectivity index (χ0) is 23.4. The summed E-state index contributed by atoms with van der Waals surface area (Å²) in [5.74, 6) is -13.2. The maximum atomic E-state index is 14.0. The lowest BCUT2D eigenvalue weighted by molar-refractivity contribution is -0.120. The van der Waals surface area contributed by atoms with Crippen LogP contribution in [0.5, 0.6) is 11.5 Å². The second-order valence-corrected chi connectivity index (χ2v) is 7.57. The first-order valence-corrected chi connectivity index (χ1v) is 9.78. The maximum Gasteiger partial charge on any atom is 0.332 e. The number of hydrogen-bond acceptors (Lipinski definition) is 3. The van der Waals surface area contributed by atoms with Crippen LogP contribution in [0.15, 0.2) is 48.5 Å². The van der Waals surface area contributed by atoms with E-state index in [1.807, 2.05) is 24.3 Å². The van der Waals surface area contributed by atoms with E-state index >= 15 is 0 Å². The van der Waals surface area contributed by atoms with E-state index in [1.165, 1.54) is 23.1 Å². The minimum absolute atomic E-state index is 0.0322. The van der Waals surface area contributed by atoms with Crippen molar-refractivity contribution in [1.82, 2.24) is 4.90 Å². The summed E-state index contributed by atoms with van der Waals surface area (Å²) in [6, 6.07) is 11.1. The highest BCUT2D eigenvalue weighted by atomic mass is 19.2. The molecule has 0 saturated carbocycles. The smallest absolute Gasteiger partial charge is 0.332 e. The molecule has 33 heavy (non-hydrogen) atoms. The third-order valence-electron chi connectivity index (χ3n) is 5.66. The molecular formula is C23H13F5N2O3. The first kappa shape index (κ1) is 20.9. The van der Waals surface area contributed by atoms with Crippen LogP contribution in [0.2, 0.25) is 0 Å². The van der Waals surface area contributed by atoms with Crippen LogP contribution in [0.3, 0.4) is 0 Å². The number of rotatable bonds is 3. The topological polar surface area (TPSA) is 49.9 Å². The molecule has 1 saturated heterocycles. The Hall–Kier alpha value is -3.95. The molecular weight excluding hydrogens is 447 g/mol. The minimum Gasteiger partial charge on any atom is -0.451 e. The average molecular weight is 460 g/mol. The van der Waals surface area contributed by atoms with Gasteiger partial charge in [0, 0.05) is 19.0 Å². The van der Waals surface area contributed by atoms with E-state index in [1.54, 1.807) is 0 Å². The summed E-state index contributed by atoms with van der Waals surface area (Å²) in [5, 5.41) is 0. The fourth-order valence-corrected chi connectivity index (χ4v) is 4.03. The van der Waals surface area contributed by atoms with Crippen molar-refractivity contribution in [3.05, 3.63) is 88.7 Å². The lowest BCUT2D eigenvalue weighted by atomic mass is 9.95. The Labute approximate surface area is 183 Å². The van der Waals surface area contributed by atoms with Gasteiger partial charge in [-0.2, -0.15) is 8.78 Å². The Kier molecular flexibility index (Phi) is 4.80. The second kappa shape index (κ2) is 7.58. The maximum absolute atomic E-state index is 14.0. The molecule has 3 amide bonds. The van der Waals surface area contributed by atoms with Crippen LogP contribution in [0.4, 0.5) is 32.4 Å². The molecule has 0 bridgehead atoms. The Morgan fingerprint density at radius 3 is 2.12 bits per heavy atom. The fraction of sp³-hybridized carbons (Fsp3) is 0.130. The summed E-state index contributed by atoms with van der Waals surface area (Å²) in [7, 11) is 0. The van der Waals surface area contributed by atoms with Gasteiger partial charge in [0.05, 0.1) is 5.69 Å². The van der Waals surface area contributed by atoms with E-state index in [-0.39, 0.29) is 18.0 Å². The molecule has 0 radical (unpaired) electrons. The molecule has 2 aliphatic heterocycles. The Morgan fingerprint density at radius 2 is 1.42 bits per heavy atom. The molecule has 10 heteroatoms. The van der Waals surface area contributed by atoms with Crippen molar-refractivity contribution in [1.29, 1.82) is 0 Å². The van der Waals surface area contributed by atoms with Crippen LogP contribution >= 0.6 is 0 Å². The van der Waals surface area contributed by atoms with Gasteiger partial charge >= 0.3 is 6.03 Å². The molecule has 2 aliphatic rings. The molecule has 5 nitrogen and oxygen atoms in total. The van der Waals surface area contributed by atoms with Crippen molar-refractivity contribution in [3.63, 3.8) is 0 Å². The van der Waals surface area contributed by atoms with E-state index in [9.17, 15) is 31.5 Å². The molecule has 168 valence electrons. The van der Waals surface area contributed by atoms with Crippen LogP contribution in [0.25, 0.3) is 0 Å². The van der Waals surface area contributed by atoms with Gasteiger partial charge in [0.15, 0.2) is 0 Å². The van der Waals surface area contributed by atoms with E-state index in [4.69, 9.17) is 4.74 Å². The molecule has 1 fully saturated rings. The quantitative estimate of drug-likeness (QED) is 0.238. The van der Waals surface area contributed by atoms with Crippen molar-refractivity contribution in [2.45, 2.75) is 19.0 Å². The SMILES string of the molecule is O=C1C2Cc3ccccc3CN2C(=O)N1c1cccc(Oc2c(F)c(F)c(F)c(F)c2F)c1. The van der Waals surface area contributed by atoms with Crippen molar-refractivity contribution >= 4 is 17.6 Å². The molecule has 5 rings (SSSR count). The number of imide groups is 1. The predicted molar refractivity (Wildman–Crippen MR) is 105 cm³/mol. The van der Waals surface area contributed by atoms with E-state index in [0.29, 0.717) is 6.42 Å². The number of anilines is 1. The third kappa shape index (κ3) is 3.21. The van der Waals surface area contributed by atoms with Crippen LogP contribution in [-0.4, -0.2) is 22.9 Å². The Morgan fingerprint density at radius 1 is 0.788 bits per heavy atom. The van der Waals surface area contributed by atoms with Gasteiger partial charge < -0.3 is 9.64 Å². The number of carbonyl (C=O) groups is 2. The van der Waals surface area contributed by atoms with Gasteiger partial charge in [-0.25, -0.2) is 22.9 Å². The van der Waals surface area contributed by atoms with Gasteiger partial charge in [0.2, 0.25) is 34.8 Å². The molecule has 0 aromatic heterocycles. The van der Waals surface area contributed by atoms with Crippen molar-refractivity contribution in [3.8, 4) is 11.5 Å². The fourth-order valence-electron chi connectivity index (χ4n) is 4.03. The molecule has 2 heterocycles. The van der Waals surface area contributed by atoms with Gasteiger partial charge in [-0.3, -0.25) is 4.79 Å². The molecule has 1 atom stereocenters. The summed E-state index contributed by atoms with van der Waals surface area (Å²) in [6.45, 7) is 0.239. The molecule has 0 aliphatic carbocycles. The molecule has 1 unspecified atom stereocenters. The van der Waals surface area contributed by atoms with Crippen LogP contribution in [-0.2, 0) is 17.8 Å². The zero-order valence-corrected chi connectivity index (χ0v) is 16.6. The van der Waals surface area contributed by atoms with Crippen LogP contribution in [0, 0.1) is 29.1 Å². The van der Waals surface area contributed by atoms with E-state index in [0.717, 1.165) is 22.1 Å². The van der Waals surface area contributed by atoms with Crippen LogP contribution in [0.1, 0.15) is 11.1 Å². The molecule has 3 aromatic rings. The number of fused-ring (bicyclic) bond motifs is 2.